The largest absolute Gasteiger partial charge is 0.379 e. The Hall–Kier alpha value is -0.940. The van der Waals surface area contributed by atoms with Crippen LogP contribution in [0.5, 0.6) is 0 Å². The van der Waals surface area contributed by atoms with Gasteiger partial charge in [-0.25, -0.2) is 0 Å². The molecule has 146 valence electrons. The third-order valence-electron chi connectivity index (χ3n) is 5.94. The maximum atomic E-state index is 5.53. The second kappa shape index (κ2) is 9.84. The first-order valence-corrected chi connectivity index (χ1v) is 10.4. The molecule has 4 nitrogen and oxygen atoms in total. The summed E-state index contributed by atoms with van der Waals surface area (Å²) >= 11 is 0. The van der Waals surface area contributed by atoms with Crippen LogP contribution in [0.15, 0.2) is 30.3 Å². The first-order valence-electron chi connectivity index (χ1n) is 10.4. The van der Waals surface area contributed by atoms with Crippen LogP contribution < -0.4 is 0 Å². The second-order valence-electron chi connectivity index (χ2n) is 8.47. The number of hydrogen-bond donors (Lipinski definition) is 0. The topological polar surface area (TPSA) is 19.0 Å². The fraction of sp³-hybridized carbons (Fsp3) is 0.727. The van der Waals surface area contributed by atoms with Crippen LogP contribution in [0.4, 0.5) is 0 Å². The molecule has 0 saturated carbocycles. The van der Waals surface area contributed by atoms with Gasteiger partial charge in [0.2, 0.25) is 0 Å². The molecule has 0 amide bonds. The monoisotopic (exact) mass is 359 g/mol. The Bertz CT molecular complexity index is 513. The van der Waals surface area contributed by atoms with E-state index in [9.17, 15) is 0 Å². The van der Waals surface area contributed by atoms with Crippen molar-refractivity contribution in [2.24, 2.45) is 0 Å². The average molecular weight is 360 g/mol. The van der Waals surface area contributed by atoms with Gasteiger partial charge >= 0.3 is 0 Å². The van der Waals surface area contributed by atoms with Crippen LogP contribution in [-0.4, -0.2) is 85.8 Å². The van der Waals surface area contributed by atoms with Crippen LogP contribution in [0.3, 0.4) is 0 Å². The fourth-order valence-corrected chi connectivity index (χ4v) is 4.37. The molecule has 1 aromatic rings. The van der Waals surface area contributed by atoms with E-state index in [4.69, 9.17) is 4.74 Å². The number of benzene rings is 1. The Morgan fingerprint density at radius 1 is 0.885 bits per heavy atom. The van der Waals surface area contributed by atoms with Crippen LogP contribution in [0.25, 0.3) is 0 Å². The lowest BCUT2D eigenvalue weighted by Crippen LogP contribution is -2.55. The molecule has 0 aromatic heterocycles. The first kappa shape index (κ1) is 19.8. The summed E-state index contributed by atoms with van der Waals surface area (Å²) in [7, 11) is 0. The quantitative estimate of drug-likeness (QED) is 0.745. The molecule has 2 aliphatic rings. The third kappa shape index (κ3) is 6.05. The molecule has 26 heavy (non-hydrogen) atoms. The fourth-order valence-electron chi connectivity index (χ4n) is 4.37. The van der Waals surface area contributed by atoms with Gasteiger partial charge in [-0.15, -0.1) is 0 Å². The lowest BCUT2D eigenvalue weighted by molar-refractivity contribution is -0.0213. The maximum Gasteiger partial charge on any atom is 0.0594 e. The molecule has 2 heterocycles. The van der Waals surface area contributed by atoms with Crippen molar-refractivity contribution < 1.29 is 4.74 Å². The summed E-state index contributed by atoms with van der Waals surface area (Å²) in [6.45, 7) is 16.1. The molecule has 0 N–H and O–H groups in total. The van der Waals surface area contributed by atoms with Crippen LogP contribution in [-0.2, 0) is 11.2 Å². The number of aryl methyl sites for hydroxylation is 1. The Labute approximate surface area is 160 Å². The zero-order chi connectivity index (χ0) is 18.2. The van der Waals surface area contributed by atoms with Gasteiger partial charge in [0, 0.05) is 38.3 Å². The smallest absolute Gasteiger partial charge is 0.0594 e. The van der Waals surface area contributed by atoms with Gasteiger partial charge in [-0.1, -0.05) is 30.3 Å². The highest BCUT2D eigenvalue weighted by Gasteiger charge is 2.30. The molecule has 2 aliphatic heterocycles. The van der Waals surface area contributed by atoms with Gasteiger partial charge in [0.15, 0.2) is 0 Å². The van der Waals surface area contributed by atoms with Crippen LogP contribution in [0.2, 0.25) is 0 Å². The van der Waals surface area contributed by atoms with Crippen LogP contribution in [0.1, 0.15) is 32.3 Å². The van der Waals surface area contributed by atoms with Crippen molar-refractivity contribution >= 4 is 0 Å². The molecule has 0 bridgehead atoms. The standard InChI is InChI=1S/C22H37N3O/c1-22(2,25-16-18-26-19-17-25)20-24-13-7-12-23(14-15-24)11-6-10-21-8-4-3-5-9-21/h3-5,8-9H,6-7,10-20H2,1-2H3. The van der Waals surface area contributed by atoms with E-state index in [2.05, 4.69) is 58.9 Å². The predicted molar refractivity (Wildman–Crippen MR) is 109 cm³/mol. The Balaban J connectivity index is 1.40. The highest BCUT2D eigenvalue weighted by molar-refractivity contribution is 5.14. The predicted octanol–water partition coefficient (Wildman–Crippen LogP) is 2.74. The average Bonchev–Trinajstić information content (AvgIpc) is 2.88. The maximum absolute atomic E-state index is 5.53. The van der Waals surface area contributed by atoms with Crippen molar-refractivity contribution in [3.05, 3.63) is 35.9 Å². The highest BCUT2D eigenvalue weighted by Crippen LogP contribution is 2.19. The number of morpholine rings is 1. The molecule has 0 unspecified atom stereocenters. The van der Waals surface area contributed by atoms with E-state index in [-0.39, 0.29) is 5.54 Å². The van der Waals surface area contributed by atoms with Crippen LogP contribution >= 0.6 is 0 Å². The zero-order valence-electron chi connectivity index (χ0n) is 16.8. The summed E-state index contributed by atoms with van der Waals surface area (Å²) < 4.78 is 5.53. The van der Waals surface area contributed by atoms with E-state index < -0.39 is 0 Å². The van der Waals surface area contributed by atoms with Gasteiger partial charge in [-0.05, 0) is 58.3 Å². The van der Waals surface area contributed by atoms with Crippen LogP contribution in [0, 0.1) is 0 Å². The molecule has 1 aromatic carbocycles. The minimum Gasteiger partial charge on any atom is -0.379 e. The molecule has 0 atom stereocenters. The first-order chi connectivity index (χ1) is 12.6. The molecule has 3 rings (SSSR count). The van der Waals surface area contributed by atoms with E-state index >= 15 is 0 Å². The summed E-state index contributed by atoms with van der Waals surface area (Å²) in [4.78, 5) is 7.97. The summed E-state index contributed by atoms with van der Waals surface area (Å²) in [5.41, 5.74) is 1.71. The normalized spacial score (nSPS) is 21.6. The molecular formula is C22H37N3O. The summed E-state index contributed by atoms with van der Waals surface area (Å²) in [6.07, 6.45) is 3.76. The van der Waals surface area contributed by atoms with Crippen molar-refractivity contribution in [2.75, 3.05) is 65.6 Å². The SMILES string of the molecule is CC(C)(CN1CCCN(CCCc2ccccc2)CC1)N1CCOCC1. The van der Waals surface area contributed by atoms with Crippen molar-refractivity contribution in [1.29, 1.82) is 0 Å². The summed E-state index contributed by atoms with van der Waals surface area (Å²) in [5, 5.41) is 0. The molecular weight excluding hydrogens is 322 g/mol. The lowest BCUT2D eigenvalue weighted by atomic mass is 10.0. The lowest BCUT2D eigenvalue weighted by Gasteiger charge is -2.43. The Morgan fingerprint density at radius 3 is 2.35 bits per heavy atom. The second-order valence-corrected chi connectivity index (χ2v) is 8.47. The number of nitrogens with zero attached hydrogens (tertiary/aromatic N) is 3. The molecule has 2 saturated heterocycles. The highest BCUT2D eigenvalue weighted by atomic mass is 16.5. The molecule has 0 spiro atoms. The molecule has 0 aliphatic carbocycles. The molecule has 4 heteroatoms. The molecule has 0 radical (unpaired) electrons. The van der Waals surface area contributed by atoms with E-state index in [0.717, 1.165) is 26.3 Å². The van der Waals surface area contributed by atoms with E-state index in [1.54, 1.807) is 0 Å². The summed E-state index contributed by atoms with van der Waals surface area (Å²) in [5.74, 6) is 0. The van der Waals surface area contributed by atoms with Gasteiger partial charge in [-0.3, -0.25) is 4.90 Å². The zero-order valence-corrected chi connectivity index (χ0v) is 16.8. The van der Waals surface area contributed by atoms with Crippen molar-refractivity contribution in [2.45, 2.75) is 38.6 Å². The Morgan fingerprint density at radius 2 is 1.58 bits per heavy atom. The number of ether oxygens (including phenoxy) is 1. The van der Waals surface area contributed by atoms with Gasteiger partial charge in [0.25, 0.3) is 0 Å². The van der Waals surface area contributed by atoms with Crippen molar-refractivity contribution in [1.82, 2.24) is 14.7 Å². The number of hydrogen-bond acceptors (Lipinski definition) is 4. The van der Waals surface area contributed by atoms with Gasteiger partial charge in [0.1, 0.15) is 0 Å². The minimum absolute atomic E-state index is 0.242. The van der Waals surface area contributed by atoms with Gasteiger partial charge in [0.05, 0.1) is 13.2 Å². The van der Waals surface area contributed by atoms with Gasteiger partial charge < -0.3 is 14.5 Å². The van der Waals surface area contributed by atoms with Crippen molar-refractivity contribution in [3.8, 4) is 0 Å². The van der Waals surface area contributed by atoms with E-state index in [1.165, 1.54) is 64.1 Å². The van der Waals surface area contributed by atoms with E-state index in [1.807, 2.05) is 0 Å². The third-order valence-corrected chi connectivity index (χ3v) is 5.94. The summed E-state index contributed by atoms with van der Waals surface area (Å²) in [6, 6.07) is 10.9. The van der Waals surface area contributed by atoms with Gasteiger partial charge in [-0.2, -0.15) is 0 Å². The number of rotatable bonds is 7. The Kier molecular flexibility index (Phi) is 7.50. The molecule has 2 fully saturated rings. The van der Waals surface area contributed by atoms with E-state index in [0.29, 0.717) is 0 Å². The minimum atomic E-state index is 0.242. The van der Waals surface area contributed by atoms with Crippen molar-refractivity contribution in [3.63, 3.8) is 0 Å².